The number of hydrogen-bond acceptors (Lipinski definition) is 2. The van der Waals surface area contributed by atoms with E-state index in [9.17, 15) is 0 Å². The van der Waals surface area contributed by atoms with Crippen molar-refractivity contribution in [2.24, 2.45) is 0 Å². The molecule has 0 heterocycles. The molecular weight excluding hydrogens is 192 g/mol. The Morgan fingerprint density at radius 2 is 1.86 bits per heavy atom. The number of rotatable bonds is 4. The Labute approximate surface area is 89.1 Å². The van der Waals surface area contributed by atoms with Gasteiger partial charge in [0.15, 0.2) is 8.32 Å². The van der Waals surface area contributed by atoms with Gasteiger partial charge in [0.2, 0.25) is 0 Å². The SMILES string of the molecule is CC(/C=C/CO)O[Si](C)(C)C(C)(C)C. The van der Waals surface area contributed by atoms with Gasteiger partial charge in [-0.15, -0.1) is 0 Å². The summed E-state index contributed by atoms with van der Waals surface area (Å²) < 4.78 is 6.05. The Morgan fingerprint density at radius 3 is 2.21 bits per heavy atom. The lowest BCUT2D eigenvalue weighted by Gasteiger charge is -2.37. The van der Waals surface area contributed by atoms with Crippen LogP contribution in [0.15, 0.2) is 12.2 Å². The molecule has 0 fully saturated rings. The van der Waals surface area contributed by atoms with E-state index in [4.69, 9.17) is 9.53 Å². The standard InChI is InChI=1S/C11H24O2Si/c1-10(8-7-9-12)13-14(5,6)11(2,3)4/h7-8,10,12H,9H2,1-6H3/b8-7+. The van der Waals surface area contributed by atoms with Gasteiger partial charge >= 0.3 is 0 Å². The summed E-state index contributed by atoms with van der Waals surface area (Å²) >= 11 is 0. The molecule has 0 saturated heterocycles. The molecule has 0 bridgehead atoms. The van der Waals surface area contributed by atoms with Crippen molar-refractivity contribution in [2.45, 2.75) is 51.9 Å². The summed E-state index contributed by atoms with van der Waals surface area (Å²) in [5.41, 5.74) is 0. The van der Waals surface area contributed by atoms with Crippen LogP contribution in [0.5, 0.6) is 0 Å². The molecule has 0 aliphatic rings. The fourth-order valence-corrected chi connectivity index (χ4v) is 2.29. The predicted molar refractivity (Wildman–Crippen MR) is 64.0 cm³/mol. The fourth-order valence-electron chi connectivity index (χ4n) is 0.933. The second-order valence-corrected chi connectivity index (χ2v) is 9.95. The highest BCUT2D eigenvalue weighted by Gasteiger charge is 2.37. The first kappa shape index (κ1) is 13.9. The van der Waals surface area contributed by atoms with Gasteiger partial charge in [-0.05, 0) is 25.1 Å². The summed E-state index contributed by atoms with van der Waals surface area (Å²) in [4.78, 5) is 0. The van der Waals surface area contributed by atoms with E-state index in [0.29, 0.717) is 0 Å². The summed E-state index contributed by atoms with van der Waals surface area (Å²) in [6, 6.07) is 0. The fraction of sp³-hybridized carbons (Fsp3) is 0.818. The molecule has 1 unspecified atom stereocenters. The quantitative estimate of drug-likeness (QED) is 0.578. The Bertz CT molecular complexity index is 192. The zero-order valence-electron chi connectivity index (χ0n) is 10.3. The minimum Gasteiger partial charge on any atom is -0.411 e. The van der Waals surface area contributed by atoms with Crippen molar-refractivity contribution in [1.29, 1.82) is 0 Å². The zero-order valence-corrected chi connectivity index (χ0v) is 11.3. The van der Waals surface area contributed by atoms with E-state index < -0.39 is 8.32 Å². The van der Waals surface area contributed by atoms with Crippen molar-refractivity contribution in [1.82, 2.24) is 0 Å². The van der Waals surface area contributed by atoms with Crippen LogP contribution in [0.3, 0.4) is 0 Å². The lowest BCUT2D eigenvalue weighted by atomic mass is 10.2. The molecule has 1 atom stereocenters. The summed E-state index contributed by atoms with van der Waals surface area (Å²) in [6.07, 6.45) is 3.75. The average Bonchev–Trinajstić information content (AvgIpc) is 1.97. The van der Waals surface area contributed by atoms with Gasteiger partial charge in [-0.25, -0.2) is 0 Å². The van der Waals surface area contributed by atoms with Gasteiger partial charge in [-0.3, -0.25) is 0 Å². The van der Waals surface area contributed by atoms with E-state index in [1.807, 2.05) is 13.0 Å². The first-order chi connectivity index (χ1) is 6.20. The highest BCUT2D eigenvalue weighted by Crippen LogP contribution is 2.37. The Morgan fingerprint density at radius 1 is 1.36 bits per heavy atom. The maximum Gasteiger partial charge on any atom is 0.192 e. The molecule has 14 heavy (non-hydrogen) atoms. The number of aliphatic hydroxyl groups excluding tert-OH is 1. The summed E-state index contributed by atoms with van der Waals surface area (Å²) in [6.45, 7) is 13.2. The third-order valence-corrected chi connectivity index (χ3v) is 7.37. The minimum absolute atomic E-state index is 0.0885. The van der Waals surface area contributed by atoms with Crippen LogP contribution in [-0.2, 0) is 4.43 Å². The lowest BCUT2D eigenvalue weighted by Crippen LogP contribution is -2.42. The maximum atomic E-state index is 8.64. The molecular formula is C11H24O2Si. The Hall–Kier alpha value is -0.123. The molecule has 0 aliphatic carbocycles. The first-order valence-corrected chi connectivity index (χ1v) is 8.07. The molecule has 0 radical (unpaired) electrons. The third-order valence-electron chi connectivity index (χ3n) is 2.80. The molecule has 0 spiro atoms. The third kappa shape index (κ3) is 4.40. The average molecular weight is 216 g/mol. The largest absolute Gasteiger partial charge is 0.411 e. The van der Waals surface area contributed by atoms with E-state index in [0.717, 1.165) is 0 Å². The molecule has 0 aromatic carbocycles. The minimum atomic E-state index is -1.65. The van der Waals surface area contributed by atoms with Crippen molar-refractivity contribution in [3.8, 4) is 0 Å². The van der Waals surface area contributed by atoms with Gasteiger partial charge < -0.3 is 9.53 Å². The van der Waals surface area contributed by atoms with E-state index in [2.05, 4.69) is 33.9 Å². The molecule has 0 aromatic heterocycles. The molecule has 3 heteroatoms. The highest BCUT2D eigenvalue weighted by atomic mass is 28.4. The first-order valence-electron chi connectivity index (χ1n) is 5.16. The Balaban J connectivity index is 4.29. The van der Waals surface area contributed by atoms with Gasteiger partial charge in [0.25, 0.3) is 0 Å². The van der Waals surface area contributed by atoms with Gasteiger partial charge in [-0.2, -0.15) is 0 Å². The van der Waals surface area contributed by atoms with Crippen LogP contribution in [0.2, 0.25) is 18.1 Å². The predicted octanol–water partition coefficient (Wildman–Crippen LogP) is 2.95. The second-order valence-electron chi connectivity index (χ2n) is 5.19. The van der Waals surface area contributed by atoms with E-state index >= 15 is 0 Å². The second kappa shape index (κ2) is 5.10. The number of hydrogen-bond donors (Lipinski definition) is 1. The normalized spacial score (nSPS) is 16.2. The summed E-state index contributed by atoms with van der Waals surface area (Å²) in [7, 11) is -1.65. The van der Waals surface area contributed by atoms with E-state index in [1.165, 1.54) is 0 Å². The summed E-state index contributed by atoms with van der Waals surface area (Å²) in [5, 5.41) is 8.89. The van der Waals surface area contributed by atoms with Gasteiger partial charge in [0.1, 0.15) is 0 Å². The van der Waals surface area contributed by atoms with Crippen molar-refractivity contribution < 1.29 is 9.53 Å². The lowest BCUT2D eigenvalue weighted by molar-refractivity contribution is 0.241. The topological polar surface area (TPSA) is 29.5 Å². The van der Waals surface area contributed by atoms with Crippen molar-refractivity contribution in [3.63, 3.8) is 0 Å². The van der Waals surface area contributed by atoms with Crippen LogP contribution < -0.4 is 0 Å². The van der Waals surface area contributed by atoms with Crippen LogP contribution in [0.25, 0.3) is 0 Å². The van der Waals surface area contributed by atoms with Gasteiger partial charge in [0.05, 0.1) is 12.7 Å². The monoisotopic (exact) mass is 216 g/mol. The number of aliphatic hydroxyl groups is 1. The van der Waals surface area contributed by atoms with Gasteiger partial charge in [-0.1, -0.05) is 32.9 Å². The van der Waals surface area contributed by atoms with E-state index in [-0.39, 0.29) is 17.7 Å². The summed E-state index contributed by atoms with van der Waals surface area (Å²) in [5.74, 6) is 0. The Kier molecular flexibility index (Phi) is 5.05. The molecule has 84 valence electrons. The highest BCUT2D eigenvalue weighted by molar-refractivity contribution is 6.74. The molecule has 0 amide bonds. The molecule has 0 rings (SSSR count). The van der Waals surface area contributed by atoms with Crippen LogP contribution in [-0.4, -0.2) is 26.1 Å². The maximum absolute atomic E-state index is 8.64. The van der Waals surface area contributed by atoms with Crippen LogP contribution in [0.1, 0.15) is 27.7 Å². The van der Waals surface area contributed by atoms with Crippen LogP contribution in [0, 0.1) is 0 Å². The van der Waals surface area contributed by atoms with E-state index in [1.54, 1.807) is 6.08 Å². The van der Waals surface area contributed by atoms with Crippen molar-refractivity contribution >= 4 is 8.32 Å². The van der Waals surface area contributed by atoms with Crippen LogP contribution >= 0.6 is 0 Å². The van der Waals surface area contributed by atoms with Crippen molar-refractivity contribution in [2.75, 3.05) is 6.61 Å². The van der Waals surface area contributed by atoms with Crippen LogP contribution in [0.4, 0.5) is 0 Å². The van der Waals surface area contributed by atoms with Gasteiger partial charge in [0, 0.05) is 0 Å². The molecule has 2 nitrogen and oxygen atoms in total. The molecule has 1 N–H and O–H groups in total. The molecule has 0 saturated carbocycles. The van der Waals surface area contributed by atoms with Crippen molar-refractivity contribution in [3.05, 3.63) is 12.2 Å². The molecule has 0 aliphatic heterocycles. The molecule has 0 aromatic rings. The zero-order chi connectivity index (χ0) is 11.4. The smallest absolute Gasteiger partial charge is 0.192 e.